The van der Waals surface area contributed by atoms with Crippen LogP contribution in [0.15, 0.2) is 41.5 Å². The molecule has 3 aromatic heterocycles. The third kappa shape index (κ3) is 4.10. The number of fused-ring (bicyclic) bond motifs is 1. The minimum atomic E-state index is -0.282. The van der Waals surface area contributed by atoms with Crippen molar-refractivity contribution in [1.29, 1.82) is 0 Å². The van der Waals surface area contributed by atoms with E-state index in [1.54, 1.807) is 0 Å². The number of rotatable bonds is 6. The molecular formula is C24H27N5O2S. The van der Waals surface area contributed by atoms with Crippen molar-refractivity contribution < 1.29 is 4.79 Å². The van der Waals surface area contributed by atoms with Crippen molar-refractivity contribution in [3.05, 3.63) is 68.8 Å². The second-order valence-corrected chi connectivity index (χ2v) is 9.64. The molecule has 3 heterocycles. The summed E-state index contributed by atoms with van der Waals surface area (Å²) in [6.45, 7) is 10.9. The zero-order valence-electron chi connectivity index (χ0n) is 19.0. The van der Waals surface area contributed by atoms with E-state index in [0.717, 1.165) is 39.5 Å². The molecule has 0 spiro atoms. The fourth-order valence-corrected chi connectivity index (χ4v) is 4.99. The first-order chi connectivity index (χ1) is 15.3. The standard InChI is InChI=1S/C24H27N5O2S/c1-14(2)12-28-16(4)19(15(3)26-28)11-20(30)27-29-13-25-23-22(24(29)31)21(17(5)32-23)18-9-7-6-8-10-18/h6-10,13-14H,11-12H2,1-5H3,(H,27,30). The Bertz CT molecular complexity index is 1350. The number of benzene rings is 1. The number of nitrogens with zero attached hydrogens (tertiary/aromatic N) is 4. The topological polar surface area (TPSA) is 81.8 Å². The molecule has 0 saturated carbocycles. The van der Waals surface area contributed by atoms with E-state index in [1.165, 1.54) is 22.3 Å². The van der Waals surface area contributed by atoms with Gasteiger partial charge in [0.15, 0.2) is 0 Å². The third-order valence-electron chi connectivity index (χ3n) is 5.50. The van der Waals surface area contributed by atoms with Crippen LogP contribution < -0.4 is 11.0 Å². The summed E-state index contributed by atoms with van der Waals surface area (Å²) in [5.74, 6) is 0.177. The van der Waals surface area contributed by atoms with Crippen LogP contribution in [0.1, 0.15) is 35.7 Å². The van der Waals surface area contributed by atoms with Gasteiger partial charge in [0, 0.05) is 28.2 Å². The molecule has 4 rings (SSSR count). The van der Waals surface area contributed by atoms with Crippen molar-refractivity contribution in [2.75, 3.05) is 5.43 Å². The van der Waals surface area contributed by atoms with E-state index >= 15 is 0 Å². The van der Waals surface area contributed by atoms with Crippen LogP contribution in [0.4, 0.5) is 0 Å². The summed E-state index contributed by atoms with van der Waals surface area (Å²) in [7, 11) is 0. The summed E-state index contributed by atoms with van der Waals surface area (Å²) in [6, 6.07) is 9.78. The van der Waals surface area contributed by atoms with Gasteiger partial charge in [0.1, 0.15) is 11.2 Å². The Morgan fingerprint density at radius 1 is 1.16 bits per heavy atom. The lowest BCUT2D eigenvalue weighted by molar-refractivity contribution is -0.116. The monoisotopic (exact) mass is 449 g/mol. The molecular weight excluding hydrogens is 422 g/mol. The van der Waals surface area contributed by atoms with Gasteiger partial charge in [-0.25, -0.2) is 9.66 Å². The van der Waals surface area contributed by atoms with E-state index in [9.17, 15) is 9.59 Å². The number of nitrogens with one attached hydrogen (secondary N) is 1. The molecule has 7 nitrogen and oxygen atoms in total. The zero-order chi connectivity index (χ0) is 23.0. The van der Waals surface area contributed by atoms with Crippen LogP contribution in [0.3, 0.4) is 0 Å². The maximum Gasteiger partial charge on any atom is 0.281 e. The van der Waals surface area contributed by atoms with Crippen molar-refractivity contribution in [2.45, 2.75) is 47.6 Å². The maximum absolute atomic E-state index is 13.3. The average Bonchev–Trinajstić information content (AvgIpc) is 3.21. The number of hydrogen-bond donors (Lipinski definition) is 1. The first-order valence-electron chi connectivity index (χ1n) is 10.6. The minimum absolute atomic E-state index is 0.147. The normalized spacial score (nSPS) is 11.4. The van der Waals surface area contributed by atoms with Gasteiger partial charge in [-0.05, 0) is 32.3 Å². The molecule has 8 heteroatoms. The first-order valence-corrected chi connectivity index (χ1v) is 11.5. The highest BCUT2D eigenvalue weighted by Crippen LogP contribution is 2.35. The lowest BCUT2D eigenvalue weighted by Crippen LogP contribution is -2.34. The number of aromatic nitrogens is 4. The van der Waals surface area contributed by atoms with Gasteiger partial charge in [0.05, 0.1) is 17.5 Å². The van der Waals surface area contributed by atoms with Gasteiger partial charge in [0.25, 0.3) is 5.56 Å². The molecule has 0 unspecified atom stereocenters. The lowest BCUT2D eigenvalue weighted by atomic mass is 10.0. The highest BCUT2D eigenvalue weighted by Gasteiger charge is 2.19. The first kappa shape index (κ1) is 22.0. The number of hydrogen-bond acceptors (Lipinski definition) is 5. The largest absolute Gasteiger partial charge is 0.281 e. The predicted octanol–water partition coefficient (Wildman–Crippen LogP) is 4.22. The number of thiophene rings is 1. The zero-order valence-corrected chi connectivity index (χ0v) is 19.8. The Morgan fingerprint density at radius 3 is 2.56 bits per heavy atom. The molecule has 0 atom stereocenters. The Kier molecular flexibility index (Phi) is 5.97. The highest BCUT2D eigenvalue weighted by molar-refractivity contribution is 7.19. The number of carbonyl (C=O) groups is 1. The Hall–Kier alpha value is -3.26. The highest BCUT2D eigenvalue weighted by atomic mass is 32.1. The number of aryl methyl sites for hydroxylation is 2. The molecule has 0 aliphatic rings. The lowest BCUT2D eigenvalue weighted by Gasteiger charge is -2.10. The minimum Gasteiger partial charge on any atom is -0.273 e. The van der Waals surface area contributed by atoms with Gasteiger partial charge in [-0.3, -0.25) is 19.7 Å². The van der Waals surface area contributed by atoms with Gasteiger partial charge in [-0.15, -0.1) is 11.3 Å². The molecule has 1 amide bonds. The third-order valence-corrected chi connectivity index (χ3v) is 6.52. The number of amides is 1. The van der Waals surface area contributed by atoms with Crippen LogP contribution in [-0.2, 0) is 17.8 Å². The quantitative estimate of drug-likeness (QED) is 0.478. The van der Waals surface area contributed by atoms with Crippen molar-refractivity contribution in [3.63, 3.8) is 0 Å². The van der Waals surface area contributed by atoms with Crippen LogP contribution >= 0.6 is 11.3 Å². The van der Waals surface area contributed by atoms with E-state index in [4.69, 9.17) is 0 Å². The van der Waals surface area contributed by atoms with Crippen LogP contribution in [0, 0.1) is 26.7 Å². The van der Waals surface area contributed by atoms with Crippen LogP contribution in [-0.4, -0.2) is 25.3 Å². The fourth-order valence-electron chi connectivity index (χ4n) is 3.98. The molecule has 0 aliphatic carbocycles. The molecule has 0 saturated heterocycles. The SMILES string of the molecule is Cc1nn(CC(C)C)c(C)c1CC(=O)Nn1cnc2sc(C)c(-c3ccccc3)c2c1=O. The van der Waals surface area contributed by atoms with Crippen LogP contribution in [0.2, 0.25) is 0 Å². The molecule has 0 aliphatic heterocycles. The van der Waals surface area contributed by atoms with E-state index < -0.39 is 0 Å². The van der Waals surface area contributed by atoms with Crippen molar-refractivity contribution in [2.24, 2.45) is 5.92 Å². The maximum atomic E-state index is 13.3. The smallest absolute Gasteiger partial charge is 0.273 e. The second kappa shape index (κ2) is 8.70. The fraction of sp³-hybridized carbons (Fsp3) is 0.333. The van der Waals surface area contributed by atoms with E-state index in [1.807, 2.05) is 55.8 Å². The Labute approximate surface area is 190 Å². The molecule has 0 bridgehead atoms. The van der Waals surface area contributed by atoms with Gasteiger partial charge in [-0.1, -0.05) is 44.2 Å². The van der Waals surface area contributed by atoms with Crippen LogP contribution in [0.5, 0.6) is 0 Å². The molecule has 166 valence electrons. The number of carbonyl (C=O) groups excluding carboxylic acids is 1. The molecule has 1 aromatic carbocycles. The summed E-state index contributed by atoms with van der Waals surface area (Å²) in [5.41, 5.74) is 6.96. The molecule has 1 N–H and O–H groups in total. The Balaban J connectivity index is 1.64. The van der Waals surface area contributed by atoms with Gasteiger partial charge >= 0.3 is 0 Å². The van der Waals surface area contributed by atoms with Gasteiger partial charge in [-0.2, -0.15) is 5.10 Å². The van der Waals surface area contributed by atoms with Gasteiger partial charge < -0.3 is 0 Å². The summed E-state index contributed by atoms with van der Waals surface area (Å²) in [5, 5.41) is 5.10. The van der Waals surface area contributed by atoms with Crippen LogP contribution in [0.25, 0.3) is 21.3 Å². The van der Waals surface area contributed by atoms with Crippen molar-refractivity contribution in [1.82, 2.24) is 19.4 Å². The van der Waals surface area contributed by atoms with Crippen molar-refractivity contribution in [3.8, 4) is 11.1 Å². The van der Waals surface area contributed by atoms with E-state index in [2.05, 4.69) is 29.4 Å². The molecule has 4 aromatic rings. The molecule has 32 heavy (non-hydrogen) atoms. The predicted molar refractivity (Wildman–Crippen MR) is 129 cm³/mol. The Morgan fingerprint density at radius 2 is 1.88 bits per heavy atom. The van der Waals surface area contributed by atoms with E-state index in [0.29, 0.717) is 16.1 Å². The summed E-state index contributed by atoms with van der Waals surface area (Å²) >= 11 is 1.48. The van der Waals surface area contributed by atoms with Gasteiger partial charge in [0.2, 0.25) is 5.91 Å². The molecule has 0 radical (unpaired) electrons. The summed E-state index contributed by atoms with van der Waals surface area (Å²) in [6.07, 6.45) is 1.53. The summed E-state index contributed by atoms with van der Waals surface area (Å²) < 4.78 is 3.13. The summed E-state index contributed by atoms with van der Waals surface area (Å²) in [4.78, 5) is 32.2. The van der Waals surface area contributed by atoms with Crippen molar-refractivity contribution >= 4 is 27.5 Å². The molecule has 0 fully saturated rings. The average molecular weight is 450 g/mol. The second-order valence-electron chi connectivity index (χ2n) is 8.44. The van der Waals surface area contributed by atoms with E-state index in [-0.39, 0.29) is 17.9 Å².